The van der Waals surface area contributed by atoms with Crippen molar-refractivity contribution in [3.63, 3.8) is 0 Å². The lowest BCUT2D eigenvalue weighted by atomic mass is 9.74. The van der Waals surface area contributed by atoms with E-state index in [4.69, 9.17) is 9.31 Å². The number of hydrogen-bond acceptors (Lipinski definition) is 2. The molecule has 0 bridgehead atoms. The van der Waals surface area contributed by atoms with Gasteiger partial charge < -0.3 is 9.31 Å². The first-order valence-electron chi connectivity index (χ1n) is 5.42. The van der Waals surface area contributed by atoms with Gasteiger partial charge in [0.1, 0.15) is 0 Å². The standard InChI is InChI=1S/C12H17BO2/c1-8-5-9(2)11(4)12(6-8)13-14-7-10(3)15-13/h5-6,10H,7H2,1-4H3. The Hall–Kier alpha value is -0.795. The first-order chi connectivity index (χ1) is 7.08. The first-order valence-corrected chi connectivity index (χ1v) is 5.42. The Balaban J connectivity index is 2.35. The van der Waals surface area contributed by atoms with Gasteiger partial charge in [-0.1, -0.05) is 17.7 Å². The molecule has 0 saturated carbocycles. The van der Waals surface area contributed by atoms with E-state index in [0.29, 0.717) is 6.61 Å². The maximum atomic E-state index is 5.72. The normalized spacial score (nSPS) is 21.1. The third-order valence-corrected chi connectivity index (χ3v) is 2.94. The van der Waals surface area contributed by atoms with E-state index in [0.717, 1.165) is 0 Å². The molecular weight excluding hydrogens is 187 g/mol. The lowest BCUT2D eigenvalue weighted by Crippen LogP contribution is -2.35. The summed E-state index contributed by atoms with van der Waals surface area (Å²) in [5.41, 5.74) is 5.02. The zero-order chi connectivity index (χ0) is 11.0. The smallest absolute Gasteiger partial charge is 0.405 e. The fraction of sp³-hybridized carbons (Fsp3) is 0.500. The van der Waals surface area contributed by atoms with Gasteiger partial charge in [-0.2, -0.15) is 0 Å². The Kier molecular flexibility index (Phi) is 2.85. The third kappa shape index (κ3) is 2.08. The van der Waals surface area contributed by atoms with Crippen molar-refractivity contribution in [3.05, 3.63) is 28.8 Å². The molecule has 2 rings (SSSR count). The lowest BCUT2D eigenvalue weighted by Gasteiger charge is -2.12. The lowest BCUT2D eigenvalue weighted by molar-refractivity contribution is 0.258. The molecule has 0 radical (unpaired) electrons. The molecule has 1 aliphatic heterocycles. The van der Waals surface area contributed by atoms with Gasteiger partial charge in [-0.25, -0.2) is 0 Å². The summed E-state index contributed by atoms with van der Waals surface area (Å²) >= 11 is 0. The number of rotatable bonds is 1. The Labute approximate surface area is 91.7 Å². The van der Waals surface area contributed by atoms with E-state index in [1.807, 2.05) is 6.92 Å². The summed E-state index contributed by atoms with van der Waals surface area (Å²) in [5, 5.41) is 0. The monoisotopic (exact) mass is 204 g/mol. The van der Waals surface area contributed by atoms with E-state index in [9.17, 15) is 0 Å². The van der Waals surface area contributed by atoms with E-state index in [1.54, 1.807) is 0 Å². The molecule has 1 heterocycles. The number of hydrogen-bond donors (Lipinski definition) is 0. The maximum Gasteiger partial charge on any atom is 0.494 e. The Bertz CT molecular complexity index is 376. The van der Waals surface area contributed by atoms with Gasteiger partial charge in [0.2, 0.25) is 0 Å². The van der Waals surface area contributed by atoms with Crippen molar-refractivity contribution >= 4 is 12.6 Å². The summed E-state index contributed by atoms with van der Waals surface area (Å²) in [5.74, 6) is 0. The molecule has 0 amide bonds. The maximum absolute atomic E-state index is 5.72. The van der Waals surface area contributed by atoms with Crippen LogP contribution in [-0.2, 0) is 9.31 Å². The van der Waals surface area contributed by atoms with Crippen LogP contribution >= 0.6 is 0 Å². The molecule has 1 saturated heterocycles. The molecule has 1 atom stereocenters. The topological polar surface area (TPSA) is 18.5 Å². The minimum absolute atomic E-state index is 0.168. The Morgan fingerprint density at radius 2 is 2.00 bits per heavy atom. The summed E-state index contributed by atoms with van der Waals surface area (Å²) < 4.78 is 11.3. The minimum Gasteiger partial charge on any atom is -0.405 e. The second-order valence-electron chi connectivity index (χ2n) is 4.41. The predicted molar refractivity (Wildman–Crippen MR) is 62.5 cm³/mol. The highest BCUT2D eigenvalue weighted by Gasteiger charge is 2.32. The van der Waals surface area contributed by atoms with Crippen LogP contribution < -0.4 is 5.46 Å². The summed E-state index contributed by atoms with van der Waals surface area (Å²) in [6.07, 6.45) is 0.204. The van der Waals surface area contributed by atoms with Crippen LogP contribution in [0, 0.1) is 20.8 Å². The predicted octanol–water partition coefficient (Wildman–Crippen LogP) is 1.74. The van der Waals surface area contributed by atoms with Gasteiger partial charge in [0.15, 0.2) is 0 Å². The fourth-order valence-electron chi connectivity index (χ4n) is 1.99. The van der Waals surface area contributed by atoms with Gasteiger partial charge in [0.25, 0.3) is 0 Å². The Morgan fingerprint density at radius 3 is 2.60 bits per heavy atom. The SMILES string of the molecule is Cc1cc(C)c(C)c(B2OCC(C)O2)c1. The van der Waals surface area contributed by atoms with Gasteiger partial charge in [-0.15, -0.1) is 0 Å². The summed E-state index contributed by atoms with van der Waals surface area (Å²) in [7, 11) is -0.168. The summed E-state index contributed by atoms with van der Waals surface area (Å²) in [4.78, 5) is 0. The molecule has 80 valence electrons. The zero-order valence-electron chi connectivity index (χ0n) is 9.83. The molecule has 0 aliphatic carbocycles. The molecule has 1 fully saturated rings. The third-order valence-electron chi connectivity index (χ3n) is 2.94. The number of benzene rings is 1. The van der Waals surface area contributed by atoms with E-state index in [-0.39, 0.29) is 13.2 Å². The van der Waals surface area contributed by atoms with Crippen LogP contribution in [0.3, 0.4) is 0 Å². The molecule has 1 unspecified atom stereocenters. The van der Waals surface area contributed by atoms with Gasteiger partial charge in [-0.05, 0) is 44.3 Å². The summed E-state index contributed by atoms with van der Waals surface area (Å²) in [6.45, 7) is 9.09. The van der Waals surface area contributed by atoms with Gasteiger partial charge >= 0.3 is 7.12 Å². The highest BCUT2D eigenvalue weighted by atomic mass is 16.6. The molecule has 1 aromatic carbocycles. The van der Waals surface area contributed by atoms with Crippen LogP contribution in [-0.4, -0.2) is 19.8 Å². The van der Waals surface area contributed by atoms with Crippen molar-refractivity contribution in [2.75, 3.05) is 6.61 Å². The van der Waals surface area contributed by atoms with Crippen molar-refractivity contribution in [3.8, 4) is 0 Å². The first kappa shape index (κ1) is 10.7. The van der Waals surface area contributed by atoms with E-state index in [1.165, 1.54) is 22.2 Å². The molecule has 0 N–H and O–H groups in total. The average molecular weight is 204 g/mol. The van der Waals surface area contributed by atoms with Crippen molar-refractivity contribution in [1.82, 2.24) is 0 Å². The van der Waals surface area contributed by atoms with Gasteiger partial charge in [0, 0.05) is 0 Å². The van der Waals surface area contributed by atoms with E-state index < -0.39 is 0 Å². The molecule has 15 heavy (non-hydrogen) atoms. The fourth-order valence-corrected chi connectivity index (χ4v) is 1.99. The highest BCUT2D eigenvalue weighted by Crippen LogP contribution is 2.13. The molecule has 1 aromatic rings. The van der Waals surface area contributed by atoms with Crippen LogP contribution in [0.2, 0.25) is 0 Å². The second-order valence-corrected chi connectivity index (χ2v) is 4.41. The molecule has 1 aliphatic rings. The van der Waals surface area contributed by atoms with E-state index in [2.05, 4.69) is 32.9 Å². The molecular formula is C12H17BO2. The van der Waals surface area contributed by atoms with E-state index >= 15 is 0 Å². The molecule has 3 heteroatoms. The van der Waals surface area contributed by atoms with Crippen LogP contribution in [0.15, 0.2) is 12.1 Å². The second kappa shape index (κ2) is 3.99. The van der Waals surface area contributed by atoms with Crippen LogP contribution in [0.4, 0.5) is 0 Å². The summed E-state index contributed by atoms with van der Waals surface area (Å²) in [6, 6.07) is 4.35. The Morgan fingerprint density at radius 1 is 1.27 bits per heavy atom. The van der Waals surface area contributed by atoms with Crippen LogP contribution in [0.1, 0.15) is 23.6 Å². The van der Waals surface area contributed by atoms with Crippen molar-refractivity contribution in [2.45, 2.75) is 33.8 Å². The molecule has 2 nitrogen and oxygen atoms in total. The van der Waals surface area contributed by atoms with Crippen LogP contribution in [0.5, 0.6) is 0 Å². The quantitative estimate of drug-likeness (QED) is 0.648. The highest BCUT2D eigenvalue weighted by molar-refractivity contribution is 6.62. The molecule has 0 spiro atoms. The van der Waals surface area contributed by atoms with Crippen molar-refractivity contribution < 1.29 is 9.31 Å². The number of aryl methyl sites for hydroxylation is 2. The van der Waals surface area contributed by atoms with Gasteiger partial charge in [0.05, 0.1) is 12.7 Å². The minimum atomic E-state index is -0.168. The van der Waals surface area contributed by atoms with Crippen molar-refractivity contribution in [2.24, 2.45) is 0 Å². The zero-order valence-corrected chi connectivity index (χ0v) is 9.83. The largest absolute Gasteiger partial charge is 0.494 e. The van der Waals surface area contributed by atoms with Crippen molar-refractivity contribution in [1.29, 1.82) is 0 Å². The average Bonchev–Trinajstić information content (AvgIpc) is 2.58. The molecule has 0 aromatic heterocycles. The van der Waals surface area contributed by atoms with Gasteiger partial charge in [-0.3, -0.25) is 0 Å². The van der Waals surface area contributed by atoms with Crippen LogP contribution in [0.25, 0.3) is 0 Å².